The van der Waals surface area contributed by atoms with Crippen molar-refractivity contribution in [2.45, 2.75) is 63.4 Å². The van der Waals surface area contributed by atoms with Crippen molar-refractivity contribution in [3.63, 3.8) is 0 Å². The minimum atomic E-state index is -4.09. The van der Waals surface area contributed by atoms with Crippen molar-refractivity contribution >= 4 is 33.4 Å². The number of amides is 1. The molecule has 1 atom stereocenters. The van der Waals surface area contributed by atoms with Crippen LogP contribution < -0.4 is 10.0 Å². The Morgan fingerprint density at radius 1 is 1.07 bits per heavy atom. The molecule has 0 fully saturated rings. The molecule has 1 amide bonds. The molecule has 3 heterocycles. The summed E-state index contributed by atoms with van der Waals surface area (Å²) in [5.41, 5.74) is -0.992. The van der Waals surface area contributed by atoms with Crippen LogP contribution >= 0.6 is 11.6 Å². The second kappa shape index (κ2) is 12.7. The predicted octanol–water partition coefficient (Wildman–Crippen LogP) is 4.56. The fraction of sp³-hybridized carbons (Fsp3) is 0.333. The maximum absolute atomic E-state index is 14.2. The molecule has 0 saturated carbocycles. The zero-order valence-electron chi connectivity index (χ0n) is 25.2. The number of hydrogen-bond acceptors (Lipinski definition) is 8. The van der Waals surface area contributed by atoms with Gasteiger partial charge in [0.05, 0.1) is 5.69 Å². The van der Waals surface area contributed by atoms with Gasteiger partial charge in [0.1, 0.15) is 28.1 Å². The molecule has 238 valence electrons. The number of nitrogens with zero attached hydrogens (tertiary/aromatic N) is 4. The first-order valence-corrected chi connectivity index (χ1v) is 15.4. The summed E-state index contributed by atoms with van der Waals surface area (Å²) in [6.45, 7) is 8.21. The van der Waals surface area contributed by atoms with Gasteiger partial charge in [0, 0.05) is 29.2 Å². The molecule has 0 bridgehead atoms. The lowest BCUT2D eigenvalue weighted by Gasteiger charge is -2.25. The summed E-state index contributed by atoms with van der Waals surface area (Å²) >= 11 is 6.39. The minimum absolute atomic E-state index is 0.0117. The molecule has 0 radical (unpaired) electrons. The largest absolute Gasteiger partial charge is 0.439 e. The number of aliphatic hydroxyl groups is 1. The summed E-state index contributed by atoms with van der Waals surface area (Å²) in [7, 11) is -2.88. The van der Waals surface area contributed by atoms with E-state index >= 15 is 0 Å². The summed E-state index contributed by atoms with van der Waals surface area (Å²) in [5.74, 6) is 3.79. The number of aromatic nitrogens is 4. The Morgan fingerprint density at radius 3 is 2.31 bits per heavy atom. The van der Waals surface area contributed by atoms with Crippen molar-refractivity contribution < 1.29 is 31.8 Å². The molecule has 45 heavy (non-hydrogen) atoms. The predicted molar refractivity (Wildman–Crippen MR) is 163 cm³/mol. The van der Waals surface area contributed by atoms with E-state index in [0.29, 0.717) is 11.1 Å². The normalized spacial score (nSPS) is 12.8. The molecule has 4 aromatic rings. The highest BCUT2D eigenvalue weighted by Gasteiger charge is 2.29. The van der Waals surface area contributed by atoms with Gasteiger partial charge in [-0.05, 0) is 89.5 Å². The lowest BCUT2D eigenvalue weighted by molar-refractivity contribution is 0.0891. The number of carbonyl (C=O) groups excluding carboxylic acids is 1. The van der Waals surface area contributed by atoms with E-state index < -0.39 is 50.2 Å². The first-order chi connectivity index (χ1) is 20.9. The molecule has 0 aliphatic rings. The van der Waals surface area contributed by atoms with E-state index in [1.54, 1.807) is 39.0 Å². The average molecular weight is 661 g/mol. The van der Waals surface area contributed by atoms with E-state index in [1.165, 1.54) is 27.0 Å². The van der Waals surface area contributed by atoms with Crippen LogP contribution in [0.4, 0.5) is 13.6 Å². The smallest absolute Gasteiger partial charge is 0.408 e. The first kappa shape index (κ1) is 33.7. The van der Waals surface area contributed by atoms with E-state index in [-0.39, 0.29) is 34.2 Å². The fourth-order valence-corrected chi connectivity index (χ4v) is 5.28. The number of rotatable bonds is 7. The fourth-order valence-electron chi connectivity index (χ4n) is 4.25. The first-order valence-electron chi connectivity index (χ1n) is 13.5. The summed E-state index contributed by atoms with van der Waals surface area (Å²) in [5, 5.41) is 20.3. The minimum Gasteiger partial charge on any atom is -0.439 e. The number of nitrogens with one attached hydrogen (secondary N) is 2. The molecule has 0 saturated heterocycles. The van der Waals surface area contributed by atoms with E-state index in [4.69, 9.17) is 16.3 Å². The number of carbonyl (C=O) groups is 1. The van der Waals surface area contributed by atoms with Crippen LogP contribution in [0.5, 0.6) is 0 Å². The standard InChI is InChI=1S/C30H31ClF2N6O5S/c1-29(2,3)36-28(40)44-23(15-17-13-18(32)16-19(33)14-17)25-21(8-7-20(35-25)11-12-30(4,5)41)22-9-10-24(31)39-26(22)37-38-27(39)45(42,43)34-6/h7-10,13-14,16,23,34,41H,15H2,1-6H3,(H,36,40)/t23-/m0/s1. The highest BCUT2D eigenvalue weighted by atomic mass is 35.5. The molecule has 1 aromatic carbocycles. The SMILES string of the molecule is CNS(=O)(=O)c1nnc2c(-c3ccc(C#CC(C)(C)O)nc3[C@H](Cc3cc(F)cc(F)c3)OC(=O)NC(C)(C)C)ccc(Cl)n12. The van der Waals surface area contributed by atoms with Gasteiger partial charge >= 0.3 is 6.09 Å². The van der Waals surface area contributed by atoms with Crippen molar-refractivity contribution in [2.24, 2.45) is 0 Å². The van der Waals surface area contributed by atoms with Gasteiger partial charge in [0.25, 0.3) is 15.2 Å². The van der Waals surface area contributed by atoms with Gasteiger partial charge < -0.3 is 15.2 Å². The molecule has 15 heteroatoms. The molecular weight excluding hydrogens is 630 g/mol. The van der Waals surface area contributed by atoms with Crippen LogP contribution in [0.15, 0.2) is 47.6 Å². The Bertz CT molecular complexity index is 1920. The highest BCUT2D eigenvalue weighted by Crippen LogP contribution is 2.35. The van der Waals surface area contributed by atoms with E-state index in [2.05, 4.69) is 37.1 Å². The lowest BCUT2D eigenvalue weighted by Crippen LogP contribution is -2.41. The highest BCUT2D eigenvalue weighted by molar-refractivity contribution is 7.89. The molecule has 0 spiro atoms. The third-order valence-electron chi connectivity index (χ3n) is 6.07. The monoisotopic (exact) mass is 660 g/mol. The molecule has 3 aromatic heterocycles. The van der Waals surface area contributed by atoms with Crippen molar-refractivity contribution in [2.75, 3.05) is 7.05 Å². The van der Waals surface area contributed by atoms with Gasteiger partial charge in [-0.1, -0.05) is 17.5 Å². The Kier molecular flexibility index (Phi) is 9.51. The second-order valence-corrected chi connectivity index (χ2v) is 13.8. The van der Waals surface area contributed by atoms with E-state index in [0.717, 1.165) is 22.6 Å². The Balaban J connectivity index is 2.00. The molecule has 0 aliphatic carbocycles. The third kappa shape index (κ3) is 8.31. The van der Waals surface area contributed by atoms with Crippen LogP contribution in [0.3, 0.4) is 0 Å². The number of sulfonamides is 1. The number of pyridine rings is 2. The van der Waals surface area contributed by atoms with Gasteiger partial charge in [-0.3, -0.25) is 4.40 Å². The molecule has 0 aliphatic heterocycles. The quantitative estimate of drug-likeness (QED) is 0.193. The van der Waals surface area contributed by atoms with Crippen molar-refractivity contribution in [1.82, 2.24) is 29.6 Å². The van der Waals surface area contributed by atoms with Crippen LogP contribution in [0.2, 0.25) is 5.15 Å². The van der Waals surface area contributed by atoms with E-state index in [9.17, 15) is 27.1 Å². The van der Waals surface area contributed by atoms with Crippen molar-refractivity contribution in [3.8, 4) is 23.0 Å². The Morgan fingerprint density at radius 2 is 1.71 bits per heavy atom. The number of ether oxygens (including phenoxy) is 1. The Hall–Kier alpha value is -4.16. The second-order valence-electron chi connectivity index (χ2n) is 11.6. The topological polar surface area (TPSA) is 148 Å². The molecule has 4 rings (SSSR count). The molecular formula is C30H31ClF2N6O5S. The third-order valence-corrected chi connectivity index (χ3v) is 7.65. The summed E-state index contributed by atoms with van der Waals surface area (Å²) in [6, 6.07) is 9.04. The summed E-state index contributed by atoms with van der Waals surface area (Å²) < 4.78 is 62.9. The van der Waals surface area contributed by atoms with Gasteiger partial charge in [0.15, 0.2) is 11.8 Å². The van der Waals surface area contributed by atoms with Crippen LogP contribution in [0.1, 0.15) is 57.7 Å². The molecule has 3 N–H and O–H groups in total. The van der Waals surface area contributed by atoms with E-state index in [1.807, 2.05) is 0 Å². The Labute approximate surface area is 264 Å². The van der Waals surface area contributed by atoms with Gasteiger partial charge in [-0.2, -0.15) is 0 Å². The number of benzene rings is 1. The average Bonchev–Trinajstić information content (AvgIpc) is 3.37. The number of halogens is 3. The van der Waals surface area contributed by atoms with Crippen LogP contribution in [0, 0.1) is 23.5 Å². The molecule has 11 nitrogen and oxygen atoms in total. The maximum atomic E-state index is 14.2. The maximum Gasteiger partial charge on any atom is 0.408 e. The van der Waals surface area contributed by atoms with Crippen LogP contribution in [-0.4, -0.2) is 57.4 Å². The zero-order valence-corrected chi connectivity index (χ0v) is 26.8. The van der Waals surface area contributed by atoms with Gasteiger partial charge in [0.2, 0.25) is 0 Å². The van der Waals surface area contributed by atoms with Crippen LogP contribution in [-0.2, 0) is 21.2 Å². The molecule has 0 unspecified atom stereocenters. The lowest BCUT2D eigenvalue weighted by atomic mass is 9.97. The summed E-state index contributed by atoms with van der Waals surface area (Å²) in [4.78, 5) is 17.7. The van der Waals surface area contributed by atoms with Gasteiger partial charge in [-0.25, -0.2) is 31.7 Å². The summed E-state index contributed by atoms with van der Waals surface area (Å²) in [6.07, 6.45) is -2.31. The number of fused-ring (bicyclic) bond motifs is 1. The zero-order chi connectivity index (χ0) is 33.3. The number of alkyl carbamates (subject to hydrolysis) is 1. The van der Waals surface area contributed by atoms with Crippen molar-refractivity contribution in [3.05, 3.63) is 76.2 Å². The van der Waals surface area contributed by atoms with Crippen LogP contribution in [0.25, 0.3) is 16.8 Å². The van der Waals surface area contributed by atoms with Gasteiger partial charge in [-0.15, -0.1) is 10.2 Å². The number of hydrogen-bond donors (Lipinski definition) is 3. The van der Waals surface area contributed by atoms with Crippen molar-refractivity contribution in [1.29, 1.82) is 0 Å².